The predicted molar refractivity (Wildman–Crippen MR) is 103 cm³/mol. The highest BCUT2D eigenvalue weighted by molar-refractivity contribution is 8.00. The van der Waals surface area contributed by atoms with Gasteiger partial charge in [0.1, 0.15) is 10.9 Å². The van der Waals surface area contributed by atoms with Crippen LogP contribution in [0.5, 0.6) is 0 Å². The minimum atomic E-state index is -0.167. The van der Waals surface area contributed by atoms with Crippen LogP contribution >= 0.6 is 11.8 Å². The number of carbonyl (C=O) groups is 1. The van der Waals surface area contributed by atoms with E-state index < -0.39 is 0 Å². The van der Waals surface area contributed by atoms with Gasteiger partial charge in [-0.05, 0) is 32.8 Å². The Balaban J connectivity index is 1.67. The normalized spacial score (nSPS) is 16.4. The fourth-order valence-corrected chi connectivity index (χ4v) is 4.06. The van der Waals surface area contributed by atoms with Gasteiger partial charge >= 0.3 is 0 Å². The summed E-state index contributed by atoms with van der Waals surface area (Å²) in [6.07, 6.45) is 5.94. The van der Waals surface area contributed by atoms with Crippen molar-refractivity contribution >= 4 is 17.7 Å². The molecule has 132 valence electrons. The van der Waals surface area contributed by atoms with Crippen LogP contribution in [0, 0.1) is 6.92 Å². The molecule has 3 rings (SSSR count). The number of thioether (sulfide) groups is 1. The standard InChI is InChI=1S/C20H25N3OS/c1-14(20(24)23-17-11-7-4-8-12-17)25-19-13-18(21-15(2)22-19)16-9-5-3-6-10-16/h3,5-6,9-10,13-14,17H,4,7-8,11-12H2,1-2H3,(H,23,24). The number of aryl methyl sites for hydroxylation is 1. The Morgan fingerprint density at radius 1 is 1.16 bits per heavy atom. The van der Waals surface area contributed by atoms with E-state index in [1.807, 2.05) is 50.2 Å². The molecule has 5 heteroatoms. The van der Waals surface area contributed by atoms with Crippen molar-refractivity contribution in [3.05, 3.63) is 42.2 Å². The van der Waals surface area contributed by atoms with E-state index in [0.717, 1.165) is 34.9 Å². The third kappa shape index (κ3) is 5.05. The first-order chi connectivity index (χ1) is 12.1. The first-order valence-corrected chi connectivity index (χ1v) is 9.88. The zero-order valence-electron chi connectivity index (χ0n) is 14.9. The fraction of sp³-hybridized carbons (Fsp3) is 0.450. The van der Waals surface area contributed by atoms with E-state index >= 15 is 0 Å². The topological polar surface area (TPSA) is 54.9 Å². The van der Waals surface area contributed by atoms with Gasteiger partial charge in [-0.3, -0.25) is 4.79 Å². The van der Waals surface area contributed by atoms with Gasteiger partial charge in [0.2, 0.25) is 5.91 Å². The summed E-state index contributed by atoms with van der Waals surface area (Å²) in [5.41, 5.74) is 1.96. The van der Waals surface area contributed by atoms with E-state index in [1.54, 1.807) is 0 Å². The largest absolute Gasteiger partial charge is 0.352 e. The number of rotatable bonds is 5. The van der Waals surface area contributed by atoms with Gasteiger partial charge in [0.05, 0.1) is 10.9 Å². The molecule has 0 aliphatic heterocycles. The van der Waals surface area contributed by atoms with Gasteiger partial charge < -0.3 is 5.32 Å². The van der Waals surface area contributed by atoms with Gasteiger partial charge in [0, 0.05) is 11.6 Å². The maximum absolute atomic E-state index is 12.5. The molecule has 0 spiro atoms. The number of aromatic nitrogens is 2. The minimum Gasteiger partial charge on any atom is -0.352 e. The Morgan fingerprint density at radius 2 is 1.88 bits per heavy atom. The summed E-state index contributed by atoms with van der Waals surface area (Å²) >= 11 is 1.50. The quantitative estimate of drug-likeness (QED) is 0.639. The SMILES string of the molecule is Cc1nc(SC(C)C(=O)NC2CCCCC2)cc(-c2ccccc2)n1. The third-order valence-electron chi connectivity index (χ3n) is 4.50. The summed E-state index contributed by atoms with van der Waals surface area (Å²) in [6.45, 7) is 3.84. The average Bonchev–Trinajstić information content (AvgIpc) is 2.63. The van der Waals surface area contributed by atoms with Gasteiger partial charge in [0.15, 0.2) is 0 Å². The number of hydrogen-bond donors (Lipinski definition) is 1. The third-order valence-corrected chi connectivity index (χ3v) is 5.52. The second-order valence-electron chi connectivity index (χ2n) is 6.61. The van der Waals surface area contributed by atoms with E-state index in [1.165, 1.54) is 31.0 Å². The molecule has 0 radical (unpaired) electrons. The highest BCUT2D eigenvalue weighted by Crippen LogP contribution is 2.26. The lowest BCUT2D eigenvalue weighted by Crippen LogP contribution is -2.40. The summed E-state index contributed by atoms with van der Waals surface area (Å²) in [5, 5.41) is 3.87. The number of benzene rings is 1. The van der Waals surface area contributed by atoms with Crippen molar-refractivity contribution in [1.29, 1.82) is 0 Å². The van der Waals surface area contributed by atoms with Crippen LogP contribution in [0.4, 0.5) is 0 Å². The lowest BCUT2D eigenvalue weighted by Gasteiger charge is -2.24. The second-order valence-corrected chi connectivity index (χ2v) is 7.97. The van der Waals surface area contributed by atoms with Crippen LogP contribution in [0.2, 0.25) is 0 Å². The number of carbonyl (C=O) groups excluding carboxylic acids is 1. The van der Waals surface area contributed by atoms with Crippen LogP contribution in [0.1, 0.15) is 44.9 Å². The molecular weight excluding hydrogens is 330 g/mol. The van der Waals surface area contributed by atoms with Crippen molar-refractivity contribution in [3.63, 3.8) is 0 Å². The number of hydrogen-bond acceptors (Lipinski definition) is 4. The Bertz CT molecular complexity index is 714. The predicted octanol–water partition coefficient (Wildman–Crippen LogP) is 4.38. The maximum atomic E-state index is 12.5. The van der Waals surface area contributed by atoms with E-state index in [2.05, 4.69) is 15.3 Å². The summed E-state index contributed by atoms with van der Waals surface area (Å²) < 4.78 is 0. The van der Waals surface area contributed by atoms with Gasteiger partial charge in [-0.1, -0.05) is 61.4 Å². The molecule has 0 saturated heterocycles. The van der Waals surface area contributed by atoms with Gasteiger partial charge in [-0.25, -0.2) is 9.97 Å². The summed E-state index contributed by atoms with van der Waals surface area (Å²) in [4.78, 5) is 21.5. The van der Waals surface area contributed by atoms with Crippen LogP contribution in [0.15, 0.2) is 41.4 Å². The van der Waals surface area contributed by atoms with E-state index in [-0.39, 0.29) is 11.2 Å². The second kappa shape index (κ2) is 8.48. The highest BCUT2D eigenvalue weighted by atomic mass is 32.2. The molecule has 1 heterocycles. The zero-order valence-corrected chi connectivity index (χ0v) is 15.7. The first-order valence-electron chi connectivity index (χ1n) is 9.00. The molecule has 1 fully saturated rings. The molecule has 25 heavy (non-hydrogen) atoms. The molecule has 1 aromatic carbocycles. The lowest BCUT2D eigenvalue weighted by molar-refractivity contribution is -0.121. The molecule has 1 saturated carbocycles. The molecule has 1 aromatic heterocycles. The van der Waals surface area contributed by atoms with Crippen LogP contribution in [-0.2, 0) is 4.79 Å². The zero-order chi connectivity index (χ0) is 17.6. The summed E-state index contributed by atoms with van der Waals surface area (Å²) in [7, 11) is 0. The molecule has 0 bridgehead atoms. The van der Waals surface area contributed by atoms with Gasteiger partial charge in [-0.2, -0.15) is 0 Å². The fourth-order valence-electron chi connectivity index (χ4n) is 3.16. The van der Waals surface area contributed by atoms with E-state index in [9.17, 15) is 4.79 Å². The molecular formula is C20H25N3OS. The van der Waals surface area contributed by atoms with E-state index in [0.29, 0.717) is 6.04 Å². The minimum absolute atomic E-state index is 0.106. The van der Waals surface area contributed by atoms with E-state index in [4.69, 9.17) is 0 Å². The molecule has 1 unspecified atom stereocenters. The summed E-state index contributed by atoms with van der Waals surface area (Å²) in [5.74, 6) is 0.832. The smallest absolute Gasteiger partial charge is 0.233 e. The van der Waals surface area contributed by atoms with Crippen molar-refractivity contribution in [2.45, 2.75) is 62.3 Å². The van der Waals surface area contributed by atoms with Crippen molar-refractivity contribution in [2.24, 2.45) is 0 Å². The van der Waals surface area contributed by atoms with Crippen LogP contribution in [0.3, 0.4) is 0 Å². The summed E-state index contributed by atoms with van der Waals surface area (Å²) in [6, 6.07) is 12.4. The number of amides is 1. The van der Waals surface area contributed by atoms with Gasteiger partial charge in [-0.15, -0.1) is 0 Å². The number of nitrogens with zero attached hydrogens (tertiary/aromatic N) is 2. The Morgan fingerprint density at radius 3 is 2.60 bits per heavy atom. The van der Waals surface area contributed by atoms with Crippen molar-refractivity contribution < 1.29 is 4.79 Å². The highest BCUT2D eigenvalue weighted by Gasteiger charge is 2.21. The Kier molecular flexibility index (Phi) is 6.08. The molecule has 2 aromatic rings. The maximum Gasteiger partial charge on any atom is 0.233 e. The lowest BCUT2D eigenvalue weighted by atomic mass is 9.95. The molecule has 1 atom stereocenters. The van der Waals surface area contributed by atoms with Crippen molar-refractivity contribution in [1.82, 2.24) is 15.3 Å². The molecule has 1 aliphatic rings. The average molecular weight is 356 g/mol. The van der Waals surface area contributed by atoms with Crippen LogP contribution in [0.25, 0.3) is 11.3 Å². The molecule has 1 amide bonds. The monoisotopic (exact) mass is 355 g/mol. The Hall–Kier alpha value is -1.88. The molecule has 1 N–H and O–H groups in total. The van der Waals surface area contributed by atoms with Crippen molar-refractivity contribution in [3.8, 4) is 11.3 Å². The van der Waals surface area contributed by atoms with Crippen LogP contribution < -0.4 is 5.32 Å². The van der Waals surface area contributed by atoms with Gasteiger partial charge in [0.25, 0.3) is 0 Å². The molecule has 1 aliphatic carbocycles. The Labute approximate surface area is 153 Å². The van der Waals surface area contributed by atoms with Crippen molar-refractivity contribution in [2.75, 3.05) is 0 Å². The first kappa shape index (κ1) is 17.9. The number of nitrogens with one attached hydrogen (secondary N) is 1. The molecule has 4 nitrogen and oxygen atoms in total. The van der Waals surface area contributed by atoms with Crippen LogP contribution in [-0.4, -0.2) is 27.2 Å².